The standard InChI is InChI=1S/C16H19FN2OS/c1-10-19-14-8-4-7-13(16(14)21-10)18-9-15(20)11-5-2-3-6-12(11)17/h2-3,5-6,13,15,18,20H,4,7-9H2,1H3. The number of aliphatic hydroxyl groups excluding tert-OH is 1. The van der Waals surface area contributed by atoms with Crippen LogP contribution in [0.15, 0.2) is 24.3 Å². The fourth-order valence-corrected chi connectivity index (χ4v) is 3.93. The van der Waals surface area contributed by atoms with Crippen molar-refractivity contribution < 1.29 is 9.50 Å². The van der Waals surface area contributed by atoms with Crippen molar-refractivity contribution in [2.75, 3.05) is 6.54 Å². The summed E-state index contributed by atoms with van der Waals surface area (Å²) in [5.74, 6) is -0.357. The largest absolute Gasteiger partial charge is 0.387 e. The molecule has 3 nitrogen and oxygen atoms in total. The van der Waals surface area contributed by atoms with E-state index in [1.165, 1.54) is 16.6 Å². The molecule has 0 fully saturated rings. The molecule has 1 aliphatic carbocycles. The number of nitrogens with one attached hydrogen (secondary N) is 1. The van der Waals surface area contributed by atoms with Gasteiger partial charge in [-0.15, -0.1) is 11.3 Å². The van der Waals surface area contributed by atoms with E-state index in [1.54, 1.807) is 29.5 Å². The Morgan fingerprint density at radius 1 is 1.48 bits per heavy atom. The van der Waals surface area contributed by atoms with Crippen LogP contribution in [0.4, 0.5) is 4.39 Å². The molecule has 2 aromatic rings. The quantitative estimate of drug-likeness (QED) is 0.911. The molecule has 1 aromatic carbocycles. The Balaban J connectivity index is 1.67. The normalized spacial score (nSPS) is 19.3. The van der Waals surface area contributed by atoms with E-state index in [2.05, 4.69) is 10.3 Å². The number of thiazole rings is 1. The van der Waals surface area contributed by atoms with Crippen LogP contribution in [0.25, 0.3) is 0 Å². The van der Waals surface area contributed by atoms with Gasteiger partial charge in [0.1, 0.15) is 5.82 Å². The van der Waals surface area contributed by atoms with E-state index in [0.717, 1.165) is 24.3 Å². The molecule has 112 valence electrons. The summed E-state index contributed by atoms with van der Waals surface area (Å²) in [5, 5.41) is 14.6. The topological polar surface area (TPSA) is 45.2 Å². The maximum atomic E-state index is 13.7. The van der Waals surface area contributed by atoms with Crippen LogP contribution in [0, 0.1) is 12.7 Å². The van der Waals surface area contributed by atoms with Gasteiger partial charge in [0.15, 0.2) is 0 Å². The maximum Gasteiger partial charge on any atom is 0.129 e. The lowest BCUT2D eigenvalue weighted by Gasteiger charge is -2.24. The minimum Gasteiger partial charge on any atom is -0.387 e. The van der Waals surface area contributed by atoms with E-state index in [4.69, 9.17) is 0 Å². The van der Waals surface area contributed by atoms with E-state index in [-0.39, 0.29) is 11.9 Å². The van der Waals surface area contributed by atoms with E-state index < -0.39 is 6.10 Å². The second-order valence-electron chi connectivity index (χ2n) is 5.43. The van der Waals surface area contributed by atoms with E-state index in [0.29, 0.717) is 12.1 Å². The molecule has 0 radical (unpaired) electrons. The first kappa shape index (κ1) is 14.6. The van der Waals surface area contributed by atoms with Gasteiger partial charge in [-0.1, -0.05) is 18.2 Å². The summed E-state index contributed by atoms with van der Waals surface area (Å²) in [5.41, 5.74) is 1.53. The van der Waals surface area contributed by atoms with Gasteiger partial charge in [0.2, 0.25) is 0 Å². The van der Waals surface area contributed by atoms with Crippen molar-refractivity contribution >= 4 is 11.3 Å². The molecule has 0 bridgehead atoms. The third-order valence-corrected chi connectivity index (χ3v) is 5.01. The minimum absolute atomic E-state index is 0.223. The van der Waals surface area contributed by atoms with Crippen molar-refractivity contribution in [3.63, 3.8) is 0 Å². The molecular weight excluding hydrogens is 287 g/mol. The molecule has 0 saturated carbocycles. The van der Waals surface area contributed by atoms with Crippen LogP contribution < -0.4 is 5.32 Å². The number of aryl methyl sites for hydroxylation is 2. The van der Waals surface area contributed by atoms with Gasteiger partial charge < -0.3 is 10.4 Å². The molecule has 1 heterocycles. The van der Waals surface area contributed by atoms with Crippen LogP contribution in [0.2, 0.25) is 0 Å². The van der Waals surface area contributed by atoms with Gasteiger partial charge in [0.05, 0.1) is 16.8 Å². The molecule has 0 saturated heterocycles. The Hall–Kier alpha value is -1.30. The van der Waals surface area contributed by atoms with Crippen LogP contribution in [0.5, 0.6) is 0 Å². The smallest absolute Gasteiger partial charge is 0.129 e. The van der Waals surface area contributed by atoms with Crippen LogP contribution in [0.1, 0.15) is 46.1 Å². The number of halogens is 1. The lowest BCUT2D eigenvalue weighted by Crippen LogP contribution is -2.28. The first-order chi connectivity index (χ1) is 10.1. The minimum atomic E-state index is -0.828. The summed E-state index contributed by atoms with van der Waals surface area (Å²) in [7, 11) is 0. The number of rotatable bonds is 4. The Kier molecular flexibility index (Phi) is 4.33. The summed E-state index contributed by atoms with van der Waals surface area (Å²) in [6.07, 6.45) is 2.35. The summed E-state index contributed by atoms with van der Waals surface area (Å²) in [6.45, 7) is 2.37. The van der Waals surface area contributed by atoms with Crippen LogP contribution in [-0.4, -0.2) is 16.6 Å². The summed E-state index contributed by atoms with van der Waals surface area (Å²) >= 11 is 1.72. The van der Waals surface area contributed by atoms with Crippen LogP contribution in [-0.2, 0) is 6.42 Å². The van der Waals surface area contributed by atoms with Crippen molar-refractivity contribution in [1.82, 2.24) is 10.3 Å². The highest BCUT2D eigenvalue weighted by Crippen LogP contribution is 2.34. The fourth-order valence-electron chi connectivity index (χ4n) is 2.85. The maximum absolute atomic E-state index is 13.7. The number of nitrogens with zero attached hydrogens (tertiary/aromatic N) is 1. The molecule has 0 spiro atoms. The predicted octanol–water partition coefficient (Wildman–Crippen LogP) is 3.29. The molecule has 2 unspecified atom stereocenters. The molecule has 2 atom stereocenters. The number of aromatic nitrogens is 1. The average Bonchev–Trinajstić information content (AvgIpc) is 2.86. The van der Waals surface area contributed by atoms with Crippen LogP contribution >= 0.6 is 11.3 Å². The van der Waals surface area contributed by atoms with Gasteiger partial charge in [-0.05, 0) is 32.3 Å². The number of fused-ring (bicyclic) bond motifs is 1. The van der Waals surface area contributed by atoms with Gasteiger partial charge in [-0.25, -0.2) is 9.37 Å². The molecule has 5 heteroatoms. The Labute approximate surface area is 127 Å². The monoisotopic (exact) mass is 306 g/mol. The molecule has 0 amide bonds. The van der Waals surface area contributed by atoms with Gasteiger partial charge in [0, 0.05) is 23.0 Å². The zero-order valence-electron chi connectivity index (χ0n) is 12.0. The second kappa shape index (κ2) is 6.22. The van der Waals surface area contributed by atoms with Gasteiger partial charge in [-0.2, -0.15) is 0 Å². The highest BCUT2D eigenvalue weighted by molar-refractivity contribution is 7.11. The molecule has 3 rings (SSSR count). The first-order valence-electron chi connectivity index (χ1n) is 7.27. The van der Waals surface area contributed by atoms with Crippen molar-refractivity contribution in [1.29, 1.82) is 0 Å². The Bertz CT molecular complexity index is 628. The van der Waals surface area contributed by atoms with E-state index in [9.17, 15) is 9.50 Å². The average molecular weight is 306 g/mol. The molecule has 2 N–H and O–H groups in total. The van der Waals surface area contributed by atoms with Crippen LogP contribution in [0.3, 0.4) is 0 Å². The SMILES string of the molecule is Cc1nc2c(s1)C(NCC(O)c1ccccc1F)CCC2. The summed E-state index contributed by atoms with van der Waals surface area (Å²) < 4.78 is 13.7. The number of aliphatic hydroxyl groups is 1. The lowest BCUT2D eigenvalue weighted by molar-refractivity contribution is 0.164. The second-order valence-corrected chi connectivity index (χ2v) is 6.67. The number of hydrogen-bond donors (Lipinski definition) is 2. The molecular formula is C16H19FN2OS. The third-order valence-electron chi connectivity index (χ3n) is 3.88. The van der Waals surface area contributed by atoms with E-state index in [1.807, 2.05) is 6.92 Å². The van der Waals surface area contributed by atoms with Gasteiger partial charge in [-0.3, -0.25) is 0 Å². The van der Waals surface area contributed by atoms with Crippen molar-refractivity contribution in [2.45, 2.75) is 38.3 Å². The predicted molar refractivity (Wildman–Crippen MR) is 81.9 cm³/mol. The van der Waals surface area contributed by atoms with Crippen molar-refractivity contribution in [3.05, 3.63) is 51.2 Å². The Morgan fingerprint density at radius 3 is 3.10 bits per heavy atom. The van der Waals surface area contributed by atoms with Crippen molar-refractivity contribution in [2.24, 2.45) is 0 Å². The zero-order valence-corrected chi connectivity index (χ0v) is 12.8. The molecule has 0 aliphatic heterocycles. The Morgan fingerprint density at radius 2 is 2.29 bits per heavy atom. The lowest BCUT2D eigenvalue weighted by atomic mass is 9.97. The zero-order chi connectivity index (χ0) is 14.8. The first-order valence-corrected chi connectivity index (χ1v) is 8.09. The fraction of sp³-hybridized carbons (Fsp3) is 0.438. The summed E-state index contributed by atoms with van der Waals surface area (Å²) in [6, 6.07) is 6.61. The third kappa shape index (κ3) is 3.15. The molecule has 1 aliphatic rings. The number of hydrogen-bond acceptors (Lipinski definition) is 4. The highest BCUT2D eigenvalue weighted by atomic mass is 32.1. The van der Waals surface area contributed by atoms with Gasteiger partial charge >= 0.3 is 0 Å². The molecule has 1 aromatic heterocycles. The number of benzene rings is 1. The highest BCUT2D eigenvalue weighted by Gasteiger charge is 2.24. The van der Waals surface area contributed by atoms with Crippen molar-refractivity contribution in [3.8, 4) is 0 Å². The molecule has 21 heavy (non-hydrogen) atoms. The van der Waals surface area contributed by atoms with Gasteiger partial charge in [0.25, 0.3) is 0 Å². The summed E-state index contributed by atoms with van der Waals surface area (Å²) in [4.78, 5) is 5.83. The van der Waals surface area contributed by atoms with E-state index >= 15 is 0 Å².